The Morgan fingerprint density at radius 1 is 1.23 bits per heavy atom. The van der Waals surface area contributed by atoms with E-state index in [0.29, 0.717) is 18.1 Å². The number of benzene rings is 2. The van der Waals surface area contributed by atoms with Crippen molar-refractivity contribution in [3.63, 3.8) is 0 Å². The van der Waals surface area contributed by atoms with Crippen molar-refractivity contribution in [1.29, 1.82) is 0 Å². The molecule has 1 N–H and O–H groups in total. The van der Waals surface area contributed by atoms with E-state index in [-0.39, 0.29) is 28.0 Å². The second-order valence-electron chi connectivity index (χ2n) is 6.11. The summed E-state index contributed by atoms with van der Waals surface area (Å²) in [6, 6.07) is 8.96. The first kappa shape index (κ1) is 18.9. The van der Waals surface area contributed by atoms with Gasteiger partial charge in [-0.2, -0.15) is 0 Å². The minimum absolute atomic E-state index is 0.0757. The maximum Gasteiger partial charge on any atom is 0.246 e. The molecule has 0 unspecified atom stereocenters. The molecule has 0 amide bonds. The summed E-state index contributed by atoms with van der Waals surface area (Å²) < 4.78 is 52.1. The molecule has 0 bridgehead atoms. The van der Waals surface area contributed by atoms with Gasteiger partial charge in [0.05, 0.1) is 18.7 Å². The quantitative estimate of drug-likeness (QED) is 0.734. The molecule has 2 aromatic rings. The van der Waals surface area contributed by atoms with Crippen molar-refractivity contribution in [3.8, 4) is 11.5 Å². The number of methoxy groups -OCH3 is 1. The lowest BCUT2D eigenvalue weighted by Gasteiger charge is -2.14. The van der Waals surface area contributed by atoms with Gasteiger partial charge in [0.25, 0.3) is 0 Å². The third-order valence-corrected chi connectivity index (χ3v) is 5.96. The summed E-state index contributed by atoms with van der Waals surface area (Å²) in [5.74, 6) is 0.228. The number of ether oxygens (including phenoxy) is 2. The highest BCUT2D eigenvalue weighted by molar-refractivity contribution is 7.89. The molecule has 0 radical (unpaired) electrons. The Bertz CT molecular complexity index is 900. The van der Waals surface area contributed by atoms with Crippen LogP contribution in [0.2, 0.25) is 5.02 Å². The number of sulfonamides is 1. The Balaban J connectivity index is 1.78. The molecule has 1 saturated carbocycles. The Labute approximate surface area is 157 Å². The molecular weight excluding hydrogens is 381 g/mol. The normalized spacial score (nSPS) is 14.3. The van der Waals surface area contributed by atoms with Gasteiger partial charge < -0.3 is 9.47 Å². The van der Waals surface area contributed by atoms with E-state index in [1.807, 2.05) is 0 Å². The van der Waals surface area contributed by atoms with Crippen LogP contribution in [0.4, 0.5) is 4.39 Å². The van der Waals surface area contributed by atoms with E-state index >= 15 is 0 Å². The van der Waals surface area contributed by atoms with E-state index in [0.717, 1.165) is 12.8 Å². The zero-order valence-corrected chi connectivity index (χ0v) is 15.7. The van der Waals surface area contributed by atoms with Crippen molar-refractivity contribution < 1.29 is 22.3 Å². The third kappa shape index (κ3) is 4.47. The second-order valence-corrected chi connectivity index (χ2v) is 8.23. The topological polar surface area (TPSA) is 64.6 Å². The first-order chi connectivity index (χ1) is 12.4. The number of hydrogen-bond acceptors (Lipinski definition) is 4. The molecule has 0 aliphatic heterocycles. The van der Waals surface area contributed by atoms with Gasteiger partial charge in [-0.15, -0.1) is 0 Å². The van der Waals surface area contributed by atoms with Crippen LogP contribution in [-0.2, 0) is 16.6 Å². The Hall–Kier alpha value is -1.83. The van der Waals surface area contributed by atoms with Crippen LogP contribution in [0.25, 0.3) is 0 Å². The zero-order chi connectivity index (χ0) is 18.7. The van der Waals surface area contributed by atoms with E-state index in [4.69, 9.17) is 21.1 Å². The fourth-order valence-corrected chi connectivity index (χ4v) is 4.11. The van der Waals surface area contributed by atoms with Crippen LogP contribution in [0.1, 0.15) is 18.4 Å². The van der Waals surface area contributed by atoms with Crippen molar-refractivity contribution >= 4 is 21.6 Å². The lowest BCUT2D eigenvalue weighted by atomic mass is 10.2. The molecule has 0 aromatic heterocycles. The second kappa shape index (κ2) is 7.82. The molecule has 1 aliphatic rings. The number of nitrogens with one attached hydrogen (secondary N) is 1. The summed E-state index contributed by atoms with van der Waals surface area (Å²) in [4.78, 5) is -0.101. The van der Waals surface area contributed by atoms with Crippen LogP contribution in [0.3, 0.4) is 0 Å². The van der Waals surface area contributed by atoms with Gasteiger partial charge in [0.2, 0.25) is 10.0 Å². The van der Waals surface area contributed by atoms with Crippen LogP contribution in [0, 0.1) is 11.7 Å². The van der Waals surface area contributed by atoms with Crippen molar-refractivity contribution in [3.05, 3.63) is 52.8 Å². The van der Waals surface area contributed by atoms with E-state index < -0.39 is 15.8 Å². The Morgan fingerprint density at radius 2 is 2.00 bits per heavy atom. The van der Waals surface area contributed by atoms with Gasteiger partial charge >= 0.3 is 0 Å². The smallest absolute Gasteiger partial charge is 0.246 e. The van der Waals surface area contributed by atoms with Gasteiger partial charge in [-0.05, 0) is 48.6 Å². The molecule has 0 atom stereocenters. The largest absolute Gasteiger partial charge is 0.494 e. The molecule has 5 nitrogen and oxygen atoms in total. The van der Waals surface area contributed by atoms with Crippen LogP contribution < -0.4 is 14.2 Å². The number of halogens is 2. The maximum absolute atomic E-state index is 13.8. The molecule has 1 fully saturated rings. The lowest BCUT2D eigenvalue weighted by molar-refractivity contribution is 0.292. The third-order valence-electron chi connectivity index (χ3n) is 4.05. The molecule has 140 valence electrons. The molecule has 0 saturated heterocycles. The molecule has 1 aliphatic carbocycles. The fourth-order valence-electron chi connectivity index (χ4n) is 2.43. The Morgan fingerprint density at radius 3 is 2.65 bits per heavy atom. The summed E-state index contributed by atoms with van der Waals surface area (Å²) >= 11 is 6.12. The van der Waals surface area contributed by atoms with Crippen LogP contribution in [0.5, 0.6) is 11.5 Å². The molecule has 8 heteroatoms. The molecular formula is C18H19ClFNO4S. The summed E-state index contributed by atoms with van der Waals surface area (Å²) in [7, 11) is -2.57. The lowest BCUT2D eigenvalue weighted by Crippen LogP contribution is -2.24. The number of rotatable bonds is 8. The van der Waals surface area contributed by atoms with E-state index in [1.165, 1.54) is 25.3 Å². The van der Waals surface area contributed by atoms with Gasteiger partial charge in [0.1, 0.15) is 10.6 Å². The fraction of sp³-hybridized carbons (Fsp3) is 0.333. The van der Waals surface area contributed by atoms with Gasteiger partial charge in [-0.1, -0.05) is 23.7 Å². The molecule has 2 aromatic carbocycles. The monoisotopic (exact) mass is 399 g/mol. The summed E-state index contributed by atoms with van der Waals surface area (Å²) in [5.41, 5.74) is 0.458. The van der Waals surface area contributed by atoms with Crippen LogP contribution in [0.15, 0.2) is 41.3 Å². The summed E-state index contributed by atoms with van der Waals surface area (Å²) in [6.07, 6.45) is 2.17. The van der Waals surface area contributed by atoms with Crippen molar-refractivity contribution in [2.75, 3.05) is 13.7 Å². The zero-order valence-electron chi connectivity index (χ0n) is 14.2. The molecule has 0 heterocycles. The highest BCUT2D eigenvalue weighted by atomic mass is 35.5. The average Bonchev–Trinajstić information content (AvgIpc) is 3.42. The minimum atomic E-state index is -3.94. The number of hydrogen-bond donors (Lipinski definition) is 1. The molecule has 0 spiro atoms. The molecule has 26 heavy (non-hydrogen) atoms. The first-order valence-corrected chi connectivity index (χ1v) is 10.00. The van der Waals surface area contributed by atoms with E-state index in [9.17, 15) is 12.8 Å². The Kier molecular flexibility index (Phi) is 5.70. The van der Waals surface area contributed by atoms with Crippen LogP contribution in [-0.4, -0.2) is 22.1 Å². The highest BCUT2D eigenvalue weighted by Gasteiger charge is 2.26. The average molecular weight is 400 g/mol. The van der Waals surface area contributed by atoms with Crippen molar-refractivity contribution in [2.45, 2.75) is 24.3 Å². The predicted octanol–water partition coefficient (Wildman–Crippen LogP) is 3.76. The SMILES string of the molecule is COc1ccc(CNS(=O)(=O)c2c(Cl)cccc2OCC2CC2)cc1F. The molecule has 3 rings (SSSR count). The van der Waals surface area contributed by atoms with E-state index in [2.05, 4.69) is 4.72 Å². The maximum atomic E-state index is 13.8. The van der Waals surface area contributed by atoms with Gasteiger partial charge in [0, 0.05) is 6.54 Å². The summed E-state index contributed by atoms with van der Waals surface area (Å²) in [5, 5.41) is 0.0757. The highest BCUT2D eigenvalue weighted by Crippen LogP contribution is 2.34. The van der Waals surface area contributed by atoms with E-state index in [1.54, 1.807) is 18.2 Å². The van der Waals surface area contributed by atoms with Crippen molar-refractivity contribution in [1.82, 2.24) is 4.72 Å². The summed E-state index contributed by atoms with van der Waals surface area (Å²) in [6.45, 7) is 0.378. The van der Waals surface area contributed by atoms with Gasteiger partial charge in [-0.25, -0.2) is 17.5 Å². The van der Waals surface area contributed by atoms with Gasteiger partial charge in [-0.3, -0.25) is 0 Å². The van der Waals surface area contributed by atoms with Gasteiger partial charge in [0.15, 0.2) is 11.6 Å². The predicted molar refractivity (Wildman–Crippen MR) is 96.6 cm³/mol. The first-order valence-electron chi connectivity index (χ1n) is 8.14. The van der Waals surface area contributed by atoms with Crippen molar-refractivity contribution in [2.24, 2.45) is 5.92 Å². The standard InChI is InChI=1S/C18H19ClFNO4S/c1-24-16-8-7-13(9-15(16)20)10-21-26(22,23)18-14(19)3-2-4-17(18)25-11-12-5-6-12/h2-4,7-9,12,21H,5-6,10-11H2,1H3. The van der Waals surface area contributed by atoms with Crippen LogP contribution >= 0.6 is 11.6 Å². The minimum Gasteiger partial charge on any atom is -0.494 e.